The fraction of sp³-hybridized carbons (Fsp3) is 0.312. The fourth-order valence-electron chi connectivity index (χ4n) is 5.53. The lowest BCUT2D eigenvalue weighted by Gasteiger charge is -2.27. The lowest BCUT2D eigenvalue weighted by atomic mass is 9.96. The molecule has 6 atom stereocenters. The zero-order valence-corrected chi connectivity index (χ0v) is 27.0. The Morgan fingerprint density at radius 1 is 1.12 bits per heavy atom. The Balaban J connectivity index is 1.22. The summed E-state index contributed by atoms with van der Waals surface area (Å²) in [6.07, 6.45) is -1.92. The third-order valence-electron chi connectivity index (χ3n) is 8.09. The van der Waals surface area contributed by atoms with Gasteiger partial charge in [-0.15, -0.1) is 0 Å². The van der Waals surface area contributed by atoms with Crippen molar-refractivity contribution in [1.82, 2.24) is 24.6 Å². The third-order valence-corrected chi connectivity index (χ3v) is 9.72. The normalized spacial score (nSPS) is 22.8. The summed E-state index contributed by atoms with van der Waals surface area (Å²) in [5.41, 5.74) is 5.87. The molecule has 48 heavy (non-hydrogen) atoms. The number of nitrogens with zero attached hydrogens (tertiary/aromatic N) is 4. The zero-order chi connectivity index (χ0) is 34.1. The highest BCUT2D eigenvalue weighted by molar-refractivity contribution is 7.52. The molecule has 16 heteroatoms. The number of imidazole rings is 1. The summed E-state index contributed by atoms with van der Waals surface area (Å²) >= 11 is 0. The maximum absolute atomic E-state index is 14.0. The standard InChI is InChI=1S/C32H36N7O8P/c1-19(29(41)42)38-48(44,47-23-14-8-12-21-11-6-7-13-22(21)23)45-17-24-26(40)32(2,43)30(46-24)39-18-35-25-27(36-31(33)37-28(25)39)34-16-15-20-9-4-3-5-10-20/h3-14,18-19,24,26,30,40,43H,15-17H2,1-2H3,(H,38,44)(H,41,42)(H3,33,34,36,37)/t19?,24-,26-,30?,32-,48?/m1/s1. The third kappa shape index (κ3) is 6.83. The van der Waals surface area contributed by atoms with Gasteiger partial charge in [-0.05, 0) is 37.3 Å². The molecule has 7 N–H and O–H groups in total. The smallest absolute Gasteiger partial charge is 0.459 e. The number of ether oxygens (including phenoxy) is 1. The summed E-state index contributed by atoms with van der Waals surface area (Å²) in [4.78, 5) is 24.7. The summed E-state index contributed by atoms with van der Waals surface area (Å²) < 4.78 is 33.1. The zero-order valence-electron chi connectivity index (χ0n) is 26.1. The molecule has 1 aliphatic heterocycles. The Morgan fingerprint density at radius 2 is 1.85 bits per heavy atom. The van der Waals surface area contributed by atoms with Gasteiger partial charge in [0.15, 0.2) is 23.2 Å². The van der Waals surface area contributed by atoms with Crippen LogP contribution in [0.15, 0.2) is 79.1 Å². The molecule has 0 radical (unpaired) electrons. The van der Waals surface area contributed by atoms with Gasteiger partial charge >= 0.3 is 13.7 Å². The second-order valence-electron chi connectivity index (χ2n) is 11.7. The molecule has 1 fully saturated rings. The van der Waals surface area contributed by atoms with Gasteiger partial charge in [-0.1, -0.05) is 66.7 Å². The number of carboxylic acid groups (broad SMARTS) is 1. The molecule has 0 saturated carbocycles. The van der Waals surface area contributed by atoms with Gasteiger partial charge in [0.05, 0.1) is 12.9 Å². The lowest BCUT2D eigenvalue weighted by Crippen LogP contribution is -2.44. The average molecular weight is 678 g/mol. The Morgan fingerprint density at radius 3 is 2.62 bits per heavy atom. The summed E-state index contributed by atoms with van der Waals surface area (Å²) in [6, 6.07) is 20.9. The number of hydrogen-bond acceptors (Lipinski definition) is 12. The van der Waals surface area contributed by atoms with Crippen molar-refractivity contribution < 1.29 is 38.5 Å². The van der Waals surface area contributed by atoms with E-state index >= 15 is 0 Å². The number of hydrogen-bond donors (Lipinski definition) is 6. The highest BCUT2D eigenvalue weighted by atomic mass is 31.2. The van der Waals surface area contributed by atoms with Gasteiger partial charge in [0.2, 0.25) is 5.95 Å². The molecule has 1 aliphatic rings. The molecule has 3 heterocycles. The first-order chi connectivity index (χ1) is 22.9. The van der Waals surface area contributed by atoms with E-state index in [-0.39, 0.29) is 17.3 Å². The largest absolute Gasteiger partial charge is 0.480 e. The van der Waals surface area contributed by atoms with E-state index in [4.69, 9.17) is 19.5 Å². The van der Waals surface area contributed by atoms with Crippen molar-refractivity contribution in [2.75, 3.05) is 24.2 Å². The van der Waals surface area contributed by atoms with Crippen LogP contribution in [-0.2, 0) is 25.0 Å². The minimum absolute atomic E-state index is 0.0466. The number of aliphatic hydroxyl groups excluding tert-OH is 1. The number of rotatable bonds is 13. The van der Waals surface area contributed by atoms with Crippen LogP contribution in [0.25, 0.3) is 21.9 Å². The van der Waals surface area contributed by atoms with Crippen molar-refractivity contribution in [1.29, 1.82) is 0 Å². The molecule has 252 valence electrons. The molecule has 3 aromatic carbocycles. The number of fused-ring (bicyclic) bond motifs is 2. The number of aliphatic hydroxyl groups is 2. The fourth-order valence-corrected chi connectivity index (χ4v) is 7.06. The first-order valence-corrected chi connectivity index (χ1v) is 16.8. The summed E-state index contributed by atoms with van der Waals surface area (Å²) in [7, 11) is -4.41. The molecular weight excluding hydrogens is 641 g/mol. The molecule has 6 rings (SSSR count). The van der Waals surface area contributed by atoms with Crippen molar-refractivity contribution in [3.05, 3.63) is 84.7 Å². The van der Waals surface area contributed by atoms with Gasteiger partial charge in [0.1, 0.15) is 29.6 Å². The van der Waals surface area contributed by atoms with Crippen molar-refractivity contribution in [2.45, 2.75) is 50.3 Å². The average Bonchev–Trinajstić information content (AvgIpc) is 3.57. The Bertz CT molecular complexity index is 1970. The summed E-state index contributed by atoms with van der Waals surface area (Å²) in [5.74, 6) is -0.762. The number of aromatic nitrogens is 4. The molecule has 0 spiro atoms. The molecule has 0 aliphatic carbocycles. The van der Waals surface area contributed by atoms with E-state index in [2.05, 4.69) is 25.4 Å². The van der Waals surface area contributed by atoms with Crippen LogP contribution in [0.3, 0.4) is 0 Å². The number of carboxylic acids is 1. The predicted octanol–water partition coefficient (Wildman–Crippen LogP) is 3.49. The van der Waals surface area contributed by atoms with E-state index in [1.54, 1.807) is 24.3 Å². The van der Waals surface area contributed by atoms with E-state index in [0.717, 1.165) is 17.4 Å². The number of anilines is 2. The Kier molecular flexibility index (Phi) is 9.34. The molecule has 1 saturated heterocycles. The van der Waals surface area contributed by atoms with Crippen LogP contribution < -0.4 is 20.7 Å². The lowest BCUT2D eigenvalue weighted by molar-refractivity contribution is -0.138. The van der Waals surface area contributed by atoms with Crippen LogP contribution in [0.4, 0.5) is 11.8 Å². The quantitative estimate of drug-likeness (QED) is 0.0984. The number of nitrogens with two attached hydrogens (primary N) is 1. The van der Waals surface area contributed by atoms with Crippen LogP contribution in [0.5, 0.6) is 5.75 Å². The molecule has 3 unspecified atom stereocenters. The molecule has 15 nitrogen and oxygen atoms in total. The second-order valence-corrected chi connectivity index (χ2v) is 13.4. The first-order valence-electron chi connectivity index (χ1n) is 15.2. The number of aliphatic carboxylic acids is 1. The highest BCUT2D eigenvalue weighted by Crippen LogP contribution is 2.48. The number of nitrogen functional groups attached to an aromatic ring is 1. The van der Waals surface area contributed by atoms with Gasteiger partial charge < -0.3 is 35.6 Å². The van der Waals surface area contributed by atoms with Crippen LogP contribution >= 0.6 is 7.75 Å². The van der Waals surface area contributed by atoms with Gasteiger partial charge in [-0.2, -0.15) is 15.1 Å². The minimum Gasteiger partial charge on any atom is -0.480 e. The molecule has 0 amide bonds. The maximum atomic E-state index is 14.0. The topological polar surface area (TPSA) is 216 Å². The summed E-state index contributed by atoms with van der Waals surface area (Å²) in [5, 5.41) is 39.3. The first kappa shape index (κ1) is 33.3. The van der Waals surface area contributed by atoms with E-state index in [1.807, 2.05) is 48.5 Å². The van der Waals surface area contributed by atoms with Crippen molar-refractivity contribution >= 4 is 47.4 Å². The van der Waals surface area contributed by atoms with E-state index in [0.29, 0.717) is 23.3 Å². The highest BCUT2D eigenvalue weighted by Gasteiger charge is 2.54. The predicted molar refractivity (Wildman–Crippen MR) is 177 cm³/mol. The van der Waals surface area contributed by atoms with Gasteiger partial charge in [0, 0.05) is 11.9 Å². The van der Waals surface area contributed by atoms with Gasteiger partial charge in [-0.3, -0.25) is 13.9 Å². The van der Waals surface area contributed by atoms with Crippen LogP contribution in [-0.4, -0.2) is 77.8 Å². The van der Waals surface area contributed by atoms with Crippen molar-refractivity contribution in [3.8, 4) is 5.75 Å². The maximum Gasteiger partial charge on any atom is 0.459 e. The molecular formula is C32H36N7O8P. The SMILES string of the molecule is CC(NP(=O)(OC[C@H]1OC(n2cnc3c(NCCc4ccccc4)nc(N)nc32)[C@](C)(O)[C@@H]1O)Oc1cccc2ccccc12)C(=O)O. The number of benzene rings is 3. The van der Waals surface area contributed by atoms with E-state index in [9.17, 15) is 24.7 Å². The molecule has 5 aromatic rings. The van der Waals surface area contributed by atoms with Crippen molar-refractivity contribution in [3.63, 3.8) is 0 Å². The van der Waals surface area contributed by atoms with Gasteiger partial charge in [0.25, 0.3) is 0 Å². The number of carbonyl (C=O) groups is 1. The number of nitrogens with one attached hydrogen (secondary N) is 2. The van der Waals surface area contributed by atoms with E-state index in [1.165, 1.54) is 24.7 Å². The Labute approximate surface area is 275 Å². The molecule has 2 aromatic heterocycles. The van der Waals surface area contributed by atoms with Crippen LogP contribution in [0, 0.1) is 0 Å². The van der Waals surface area contributed by atoms with Crippen LogP contribution in [0.2, 0.25) is 0 Å². The summed E-state index contributed by atoms with van der Waals surface area (Å²) in [6.45, 7) is 2.64. The van der Waals surface area contributed by atoms with E-state index < -0.39 is 50.4 Å². The van der Waals surface area contributed by atoms with Gasteiger partial charge in [-0.25, -0.2) is 9.55 Å². The minimum atomic E-state index is -4.41. The Hall–Kier alpha value is -4.63. The molecule has 0 bridgehead atoms. The second kappa shape index (κ2) is 13.5. The van der Waals surface area contributed by atoms with Crippen molar-refractivity contribution in [2.24, 2.45) is 0 Å². The van der Waals surface area contributed by atoms with Crippen LogP contribution in [0.1, 0.15) is 25.6 Å². The monoisotopic (exact) mass is 677 g/mol.